The van der Waals surface area contributed by atoms with E-state index >= 15 is 0 Å². The van der Waals surface area contributed by atoms with Crippen LogP contribution in [0.5, 0.6) is 0 Å². The van der Waals surface area contributed by atoms with E-state index < -0.39 is 11.2 Å². The largest absolute Gasteiger partial charge is 0.354 e. The van der Waals surface area contributed by atoms with Gasteiger partial charge in [-0.15, -0.1) is 0 Å². The number of rotatable bonds is 7. The number of aryl methyl sites for hydroxylation is 1. The molecule has 0 saturated carbocycles. The van der Waals surface area contributed by atoms with Crippen LogP contribution in [-0.4, -0.2) is 39.4 Å². The van der Waals surface area contributed by atoms with Crippen LogP contribution in [0.1, 0.15) is 16.8 Å². The Hall–Kier alpha value is -4.27. The van der Waals surface area contributed by atoms with Crippen LogP contribution in [0.25, 0.3) is 21.8 Å². The molecule has 2 aromatic heterocycles. The summed E-state index contributed by atoms with van der Waals surface area (Å²) in [7, 11) is 0. The molecule has 9 nitrogen and oxygen atoms in total. The molecule has 0 aliphatic rings. The molecule has 0 fully saturated rings. The molecular formula is C23H21N5O4. The van der Waals surface area contributed by atoms with Gasteiger partial charge < -0.3 is 10.6 Å². The number of carbonyl (C=O) groups excluding carboxylic acids is 2. The van der Waals surface area contributed by atoms with Crippen molar-refractivity contribution in [2.24, 2.45) is 0 Å². The van der Waals surface area contributed by atoms with Crippen LogP contribution in [-0.2, 0) is 11.3 Å². The van der Waals surface area contributed by atoms with Crippen molar-refractivity contribution in [1.29, 1.82) is 0 Å². The molecule has 2 amide bonds. The second-order valence-electron chi connectivity index (χ2n) is 7.20. The van der Waals surface area contributed by atoms with Crippen molar-refractivity contribution in [2.75, 3.05) is 13.1 Å². The molecule has 0 spiro atoms. The predicted octanol–water partition coefficient (Wildman–Crippen LogP) is 1.17. The van der Waals surface area contributed by atoms with Crippen molar-refractivity contribution >= 4 is 33.6 Å². The summed E-state index contributed by atoms with van der Waals surface area (Å²) in [5, 5.41) is 6.72. The molecule has 3 N–H and O–H groups in total. The van der Waals surface area contributed by atoms with Crippen molar-refractivity contribution in [1.82, 2.24) is 25.2 Å². The van der Waals surface area contributed by atoms with Crippen molar-refractivity contribution in [3.05, 3.63) is 87.2 Å². The Kier molecular flexibility index (Phi) is 6.07. The number of para-hydroxylation sites is 2. The first kappa shape index (κ1) is 21.0. The van der Waals surface area contributed by atoms with E-state index in [0.717, 1.165) is 10.9 Å². The quantitative estimate of drug-likeness (QED) is 0.379. The summed E-state index contributed by atoms with van der Waals surface area (Å²) in [4.78, 5) is 55.0. The van der Waals surface area contributed by atoms with E-state index in [-0.39, 0.29) is 37.9 Å². The SMILES string of the molecule is O=C(CCn1c(=O)[nH]c(=O)c2ccccc21)NCCNC(=O)c1cnc2ccccc2c1. The van der Waals surface area contributed by atoms with Crippen molar-refractivity contribution in [3.63, 3.8) is 0 Å². The molecule has 0 saturated heterocycles. The standard InChI is InChI=1S/C23H21N5O4/c29-20(9-12-28-19-8-4-2-6-17(19)22(31)27-23(28)32)24-10-11-25-21(30)16-13-15-5-1-3-7-18(15)26-14-16/h1-8,13-14H,9-12H2,(H,24,29)(H,25,30)(H,27,31,32). The van der Waals surface area contributed by atoms with Gasteiger partial charge in [0.05, 0.1) is 22.0 Å². The molecule has 162 valence electrons. The molecule has 32 heavy (non-hydrogen) atoms. The number of H-pyrrole nitrogens is 1. The van der Waals surface area contributed by atoms with Crippen molar-refractivity contribution < 1.29 is 9.59 Å². The highest BCUT2D eigenvalue weighted by molar-refractivity contribution is 5.97. The lowest BCUT2D eigenvalue weighted by Gasteiger charge is -2.10. The molecule has 0 unspecified atom stereocenters. The van der Waals surface area contributed by atoms with Gasteiger partial charge in [-0.05, 0) is 24.3 Å². The van der Waals surface area contributed by atoms with Crippen LogP contribution in [0.4, 0.5) is 0 Å². The molecule has 0 aliphatic heterocycles. The highest BCUT2D eigenvalue weighted by Gasteiger charge is 2.10. The third-order valence-corrected chi connectivity index (χ3v) is 5.05. The summed E-state index contributed by atoms with van der Waals surface area (Å²) in [6.07, 6.45) is 1.57. The Morgan fingerprint density at radius 1 is 0.969 bits per heavy atom. The fourth-order valence-corrected chi connectivity index (χ4v) is 3.44. The Labute approximate surface area is 182 Å². The number of amides is 2. The van der Waals surface area contributed by atoms with E-state index in [2.05, 4.69) is 20.6 Å². The average molecular weight is 431 g/mol. The second-order valence-corrected chi connectivity index (χ2v) is 7.20. The van der Waals surface area contributed by atoms with Gasteiger partial charge in [0.1, 0.15) is 0 Å². The number of aromatic nitrogens is 3. The number of benzene rings is 2. The maximum atomic E-state index is 12.3. The zero-order valence-electron chi connectivity index (χ0n) is 17.1. The van der Waals surface area contributed by atoms with Gasteiger partial charge in [-0.1, -0.05) is 30.3 Å². The molecule has 4 rings (SSSR count). The Balaban J connectivity index is 1.28. The average Bonchev–Trinajstić information content (AvgIpc) is 2.81. The maximum absolute atomic E-state index is 12.3. The third kappa shape index (κ3) is 4.56. The van der Waals surface area contributed by atoms with Gasteiger partial charge in [0.15, 0.2) is 0 Å². The fraction of sp³-hybridized carbons (Fsp3) is 0.174. The van der Waals surface area contributed by atoms with E-state index in [1.54, 1.807) is 30.3 Å². The highest BCUT2D eigenvalue weighted by Crippen LogP contribution is 2.12. The molecule has 2 heterocycles. The minimum atomic E-state index is -0.558. The van der Waals surface area contributed by atoms with Gasteiger partial charge in [0, 0.05) is 37.6 Å². The minimum Gasteiger partial charge on any atom is -0.354 e. The summed E-state index contributed by atoms with van der Waals surface area (Å²) < 4.78 is 1.37. The van der Waals surface area contributed by atoms with E-state index in [1.165, 1.54) is 10.8 Å². The van der Waals surface area contributed by atoms with Crippen LogP contribution >= 0.6 is 0 Å². The van der Waals surface area contributed by atoms with Gasteiger partial charge in [-0.2, -0.15) is 0 Å². The van der Waals surface area contributed by atoms with Crippen LogP contribution in [0.15, 0.2) is 70.4 Å². The van der Waals surface area contributed by atoms with Gasteiger partial charge in [-0.25, -0.2) is 4.79 Å². The lowest BCUT2D eigenvalue weighted by Crippen LogP contribution is -2.36. The molecule has 2 aromatic carbocycles. The predicted molar refractivity (Wildman–Crippen MR) is 121 cm³/mol. The molecular weight excluding hydrogens is 410 g/mol. The smallest absolute Gasteiger partial charge is 0.328 e. The summed E-state index contributed by atoms with van der Waals surface area (Å²) in [6, 6.07) is 16.0. The van der Waals surface area contributed by atoms with Crippen LogP contribution < -0.4 is 21.9 Å². The molecule has 0 bridgehead atoms. The molecule has 0 radical (unpaired) electrons. The number of aromatic amines is 1. The van der Waals surface area contributed by atoms with Gasteiger partial charge in [0.2, 0.25) is 5.91 Å². The summed E-state index contributed by atoms with van der Waals surface area (Å²) in [5.41, 5.74) is 0.719. The number of fused-ring (bicyclic) bond motifs is 2. The van der Waals surface area contributed by atoms with Crippen LogP contribution in [0.3, 0.4) is 0 Å². The molecule has 9 heteroatoms. The van der Waals surface area contributed by atoms with Crippen molar-refractivity contribution in [3.8, 4) is 0 Å². The lowest BCUT2D eigenvalue weighted by molar-refractivity contribution is -0.121. The van der Waals surface area contributed by atoms with Crippen LogP contribution in [0, 0.1) is 0 Å². The Bertz CT molecular complexity index is 1420. The van der Waals surface area contributed by atoms with Gasteiger partial charge >= 0.3 is 5.69 Å². The first-order chi connectivity index (χ1) is 15.5. The summed E-state index contributed by atoms with van der Waals surface area (Å²) >= 11 is 0. The first-order valence-corrected chi connectivity index (χ1v) is 10.1. The summed E-state index contributed by atoms with van der Waals surface area (Å²) in [5.74, 6) is -0.544. The zero-order chi connectivity index (χ0) is 22.5. The highest BCUT2D eigenvalue weighted by atomic mass is 16.2. The maximum Gasteiger partial charge on any atom is 0.328 e. The van der Waals surface area contributed by atoms with E-state index in [9.17, 15) is 19.2 Å². The molecule has 0 aliphatic carbocycles. The first-order valence-electron chi connectivity index (χ1n) is 10.1. The van der Waals surface area contributed by atoms with Crippen molar-refractivity contribution in [2.45, 2.75) is 13.0 Å². The van der Waals surface area contributed by atoms with Gasteiger partial charge in [-0.3, -0.25) is 28.9 Å². The number of nitrogens with one attached hydrogen (secondary N) is 3. The number of carbonyl (C=O) groups is 2. The minimum absolute atomic E-state index is 0.0541. The lowest BCUT2D eigenvalue weighted by atomic mass is 10.1. The fourth-order valence-electron chi connectivity index (χ4n) is 3.44. The number of hydrogen-bond acceptors (Lipinski definition) is 5. The Morgan fingerprint density at radius 3 is 2.59 bits per heavy atom. The summed E-state index contributed by atoms with van der Waals surface area (Å²) in [6.45, 7) is 0.614. The molecule has 0 atom stereocenters. The van der Waals surface area contributed by atoms with E-state index in [0.29, 0.717) is 16.5 Å². The normalized spacial score (nSPS) is 10.9. The number of hydrogen-bond donors (Lipinski definition) is 3. The number of pyridine rings is 1. The second kappa shape index (κ2) is 9.25. The van der Waals surface area contributed by atoms with E-state index in [4.69, 9.17) is 0 Å². The molecule has 4 aromatic rings. The van der Waals surface area contributed by atoms with Crippen LogP contribution in [0.2, 0.25) is 0 Å². The van der Waals surface area contributed by atoms with E-state index in [1.807, 2.05) is 24.3 Å². The monoisotopic (exact) mass is 431 g/mol. The van der Waals surface area contributed by atoms with Gasteiger partial charge in [0.25, 0.3) is 11.5 Å². The zero-order valence-corrected chi connectivity index (χ0v) is 17.1. The third-order valence-electron chi connectivity index (χ3n) is 5.05. The Morgan fingerprint density at radius 2 is 1.72 bits per heavy atom. The topological polar surface area (TPSA) is 126 Å². The number of nitrogens with zero attached hydrogens (tertiary/aromatic N) is 2.